The predicted molar refractivity (Wildman–Crippen MR) is 82.9 cm³/mol. The molecule has 6 nitrogen and oxygen atoms in total. The monoisotopic (exact) mass is 300 g/mol. The molecule has 0 radical (unpaired) electrons. The van der Waals surface area contributed by atoms with E-state index in [1.54, 1.807) is 0 Å². The highest BCUT2D eigenvalue weighted by molar-refractivity contribution is 5.69. The molecular weight excluding hydrogens is 280 g/mol. The summed E-state index contributed by atoms with van der Waals surface area (Å²) in [5.74, 6) is -0.752. The molecule has 0 atom stereocenters. The third-order valence-corrected chi connectivity index (χ3v) is 3.89. The van der Waals surface area contributed by atoms with Crippen LogP contribution in [-0.4, -0.2) is 63.4 Å². The van der Waals surface area contributed by atoms with Crippen molar-refractivity contribution in [2.75, 3.05) is 32.7 Å². The molecule has 2 heterocycles. The van der Waals surface area contributed by atoms with Crippen LogP contribution in [0.1, 0.15) is 5.56 Å². The van der Waals surface area contributed by atoms with Crippen molar-refractivity contribution in [3.63, 3.8) is 0 Å². The standard InChI is InChI=1S/C16H20N4O2/c21-16(22)13-19-8-6-18(7-9-19)11-14-10-17-20(12-14)15-4-2-1-3-5-15/h1-5,10,12H,6-9,11,13H2,(H,21,22). The number of aromatic nitrogens is 2. The Morgan fingerprint density at radius 3 is 2.45 bits per heavy atom. The Labute approximate surface area is 129 Å². The highest BCUT2D eigenvalue weighted by atomic mass is 16.4. The summed E-state index contributed by atoms with van der Waals surface area (Å²) in [6, 6.07) is 10.0. The number of rotatable bonds is 5. The number of carboxylic acid groups (broad SMARTS) is 1. The minimum Gasteiger partial charge on any atom is -0.480 e. The topological polar surface area (TPSA) is 61.6 Å². The quantitative estimate of drug-likeness (QED) is 0.895. The number of hydrogen-bond acceptors (Lipinski definition) is 4. The van der Waals surface area contributed by atoms with Gasteiger partial charge in [-0.15, -0.1) is 0 Å². The Morgan fingerprint density at radius 2 is 1.77 bits per heavy atom. The van der Waals surface area contributed by atoms with Crippen LogP contribution in [0.5, 0.6) is 0 Å². The summed E-state index contributed by atoms with van der Waals surface area (Å²) >= 11 is 0. The van der Waals surface area contributed by atoms with Crippen LogP contribution in [0.3, 0.4) is 0 Å². The highest BCUT2D eigenvalue weighted by Gasteiger charge is 2.19. The van der Waals surface area contributed by atoms with Crippen molar-refractivity contribution in [2.45, 2.75) is 6.54 Å². The molecule has 1 N–H and O–H groups in total. The van der Waals surface area contributed by atoms with Crippen molar-refractivity contribution < 1.29 is 9.90 Å². The molecule has 0 unspecified atom stereocenters. The first-order chi connectivity index (χ1) is 10.7. The summed E-state index contributed by atoms with van der Waals surface area (Å²) in [6.45, 7) is 4.39. The van der Waals surface area contributed by atoms with Crippen molar-refractivity contribution in [3.8, 4) is 5.69 Å². The minimum atomic E-state index is -0.752. The van der Waals surface area contributed by atoms with Crippen LogP contribution >= 0.6 is 0 Å². The Bertz CT molecular complexity index is 618. The number of para-hydroxylation sites is 1. The van der Waals surface area contributed by atoms with Crippen molar-refractivity contribution >= 4 is 5.97 Å². The summed E-state index contributed by atoms with van der Waals surface area (Å²) in [5.41, 5.74) is 2.23. The smallest absolute Gasteiger partial charge is 0.317 e. The van der Waals surface area contributed by atoms with Crippen LogP contribution in [0.2, 0.25) is 0 Å². The molecule has 3 rings (SSSR count). The number of aliphatic carboxylic acids is 1. The summed E-state index contributed by atoms with van der Waals surface area (Å²) in [4.78, 5) is 15.0. The highest BCUT2D eigenvalue weighted by Crippen LogP contribution is 2.11. The van der Waals surface area contributed by atoms with E-state index in [0.717, 1.165) is 38.4 Å². The summed E-state index contributed by atoms with van der Waals surface area (Å²) in [7, 11) is 0. The molecule has 0 amide bonds. The number of carboxylic acids is 1. The van der Waals surface area contributed by atoms with E-state index in [2.05, 4.69) is 16.2 Å². The van der Waals surface area contributed by atoms with Gasteiger partial charge in [0, 0.05) is 44.5 Å². The second-order valence-electron chi connectivity index (χ2n) is 5.57. The molecule has 1 aliphatic rings. The number of hydrogen-bond donors (Lipinski definition) is 1. The first-order valence-electron chi connectivity index (χ1n) is 7.46. The lowest BCUT2D eigenvalue weighted by Gasteiger charge is -2.33. The van der Waals surface area contributed by atoms with Crippen LogP contribution in [-0.2, 0) is 11.3 Å². The van der Waals surface area contributed by atoms with E-state index in [-0.39, 0.29) is 6.54 Å². The molecule has 1 aromatic carbocycles. The maximum atomic E-state index is 10.7. The maximum Gasteiger partial charge on any atom is 0.317 e. The molecule has 0 bridgehead atoms. The van der Waals surface area contributed by atoms with Gasteiger partial charge in [0.05, 0.1) is 18.4 Å². The first-order valence-corrected chi connectivity index (χ1v) is 7.46. The predicted octanol–water partition coefficient (Wildman–Crippen LogP) is 1.07. The zero-order chi connectivity index (χ0) is 15.4. The molecule has 1 aliphatic heterocycles. The second-order valence-corrected chi connectivity index (χ2v) is 5.57. The van der Waals surface area contributed by atoms with Gasteiger partial charge in [0.2, 0.25) is 0 Å². The van der Waals surface area contributed by atoms with Gasteiger partial charge in [0.15, 0.2) is 0 Å². The van der Waals surface area contributed by atoms with E-state index in [9.17, 15) is 4.79 Å². The molecule has 116 valence electrons. The summed E-state index contributed by atoms with van der Waals surface area (Å²) in [6.07, 6.45) is 3.95. The van der Waals surface area contributed by atoms with Gasteiger partial charge in [-0.2, -0.15) is 5.10 Å². The Kier molecular flexibility index (Phi) is 4.50. The molecule has 1 fully saturated rings. The van der Waals surface area contributed by atoms with Crippen molar-refractivity contribution in [1.82, 2.24) is 19.6 Å². The minimum absolute atomic E-state index is 0.139. The van der Waals surface area contributed by atoms with Gasteiger partial charge in [0.25, 0.3) is 0 Å². The molecule has 0 spiro atoms. The van der Waals surface area contributed by atoms with Crippen LogP contribution in [0.4, 0.5) is 0 Å². The SMILES string of the molecule is O=C(O)CN1CCN(Cc2cnn(-c3ccccc3)c2)CC1. The van der Waals surface area contributed by atoms with Gasteiger partial charge in [0.1, 0.15) is 0 Å². The Hall–Kier alpha value is -2.18. The lowest BCUT2D eigenvalue weighted by Crippen LogP contribution is -2.47. The average Bonchev–Trinajstić information content (AvgIpc) is 2.98. The largest absolute Gasteiger partial charge is 0.480 e. The van der Waals surface area contributed by atoms with Crippen LogP contribution < -0.4 is 0 Å². The fraction of sp³-hybridized carbons (Fsp3) is 0.375. The van der Waals surface area contributed by atoms with Gasteiger partial charge >= 0.3 is 5.97 Å². The van der Waals surface area contributed by atoms with Crippen LogP contribution in [0.15, 0.2) is 42.7 Å². The van der Waals surface area contributed by atoms with E-state index in [1.807, 2.05) is 46.1 Å². The van der Waals surface area contributed by atoms with Crippen molar-refractivity contribution in [1.29, 1.82) is 0 Å². The lowest BCUT2D eigenvalue weighted by atomic mass is 10.2. The fourth-order valence-electron chi connectivity index (χ4n) is 2.72. The van der Waals surface area contributed by atoms with Gasteiger partial charge in [-0.05, 0) is 12.1 Å². The first kappa shape index (κ1) is 14.7. The third kappa shape index (κ3) is 3.72. The fourth-order valence-corrected chi connectivity index (χ4v) is 2.72. The Morgan fingerprint density at radius 1 is 1.09 bits per heavy atom. The molecule has 22 heavy (non-hydrogen) atoms. The zero-order valence-corrected chi connectivity index (χ0v) is 12.4. The van der Waals surface area contributed by atoms with E-state index in [1.165, 1.54) is 5.56 Å². The molecule has 1 aromatic heterocycles. The van der Waals surface area contributed by atoms with Crippen molar-refractivity contribution in [2.24, 2.45) is 0 Å². The summed E-state index contributed by atoms with van der Waals surface area (Å²) < 4.78 is 1.88. The van der Waals surface area contributed by atoms with Crippen LogP contribution in [0, 0.1) is 0 Å². The molecule has 0 aliphatic carbocycles. The number of carbonyl (C=O) groups is 1. The number of nitrogens with zero attached hydrogens (tertiary/aromatic N) is 4. The molecule has 0 saturated carbocycles. The lowest BCUT2D eigenvalue weighted by molar-refractivity contribution is -0.138. The van der Waals surface area contributed by atoms with Gasteiger partial charge < -0.3 is 5.11 Å². The van der Waals surface area contributed by atoms with Crippen molar-refractivity contribution in [3.05, 3.63) is 48.3 Å². The summed E-state index contributed by atoms with van der Waals surface area (Å²) in [5, 5.41) is 13.2. The average molecular weight is 300 g/mol. The normalized spacial score (nSPS) is 16.7. The van der Waals surface area contributed by atoms with Gasteiger partial charge in [-0.25, -0.2) is 4.68 Å². The molecule has 2 aromatic rings. The van der Waals surface area contributed by atoms with E-state index in [0.29, 0.717) is 0 Å². The van der Waals surface area contributed by atoms with E-state index in [4.69, 9.17) is 5.11 Å². The third-order valence-electron chi connectivity index (χ3n) is 3.89. The zero-order valence-electron chi connectivity index (χ0n) is 12.4. The van der Waals surface area contributed by atoms with Crippen LogP contribution in [0.25, 0.3) is 5.69 Å². The molecule has 6 heteroatoms. The van der Waals surface area contributed by atoms with E-state index >= 15 is 0 Å². The number of piperazine rings is 1. The maximum absolute atomic E-state index is 10.7. The van der Waals surface area contributed by atoms with Gasteiger partial charge in [-0.3, -0.25) is 14.6 Å². The Balaban J connectivity index is 1.55. The molecule has 1 saturated heterocycles. The number of benzene rings is 1. The molecular formula is C16H20N4O2. The second kappa shape index (κ2) is 6.72. The van der Waals surface area contributed by atoms with E-state index < -0.39 is 5.97 Å². The van der Waals surface area contributed by atoms with Gasteiger partial charge in [-0.1, -0.05) is 18.2 Å².